The van der Waals surface area contributed by atoms with E-state index in [9.17, 15) is 13.6 Å². The number of thiophene rings is 1. The van der Waals surface area contributed by atoms with Crippen LogP contribution in [0.1, 0.15) is 18.1 Å². The Morgan fingerprint density at radius 2 is 1.44 bits per heavy atom. The molecule has 0 spiro atoms. The molecule has 0 aliphatic heterocycles. The van der Waals surface area contributed by atoms with E-state index in [0.29, 0.717) is 26.4 Å². The number of carbonyl (C=O) groups is 1. The molecule has 208 valence electrons. The van der Waals surface area contributed by atoms with Gasteiger partial charge in [-0.05, 0) is 56.2 Å². The fraction of sp³-hybridized carbons (Fsp3) is 0.323. The molecule has 1 heterocycles. The van der Waals surface area contributed by atoms with Crippen LogP contribution >= 0.6 is 10.5 Å². The van der Waals surface area contributed by atoms with Gasteiger partial charge in [-0.3, -0.25) is 0 Å². The Hall–Kier alpha value is -3.33. The van der Waals surface area contributed by atoms with Crippen LogP contribution in [0.2, 0.25) is 0 Å². The summed E-state index contributed by atoms with van der Waals surface area (Å²) in [5.41, 5.74) is 2.47. The van der Waals surface area contributed by atoms with Gasteiger partial charge < -0.3 is 18.9 Å². The van der Waals surface area contributed by atoms with Crippen LogP contribution in [0.3, 0.4) is 0 Å². The lowest BCUT2D eigenvalue weighted by molar-refractivity contribution is -0.142. The number of benzene rings is 3. The molecule has 0 amide bonds. The molecule has 0 N–H and O–H groups in total. The Kier molecular flexibility index (Phi) is 11.4. The van der Waals surface area contributed by atoms with Crippen molar-refractivity contribution in [1.29, 1.82) is 0 Å². The number of ether oxygens (including phenoxy) is 4. The Morgan fingerprint density at radius 1 is 0.897 bits per heavy atom. The van der Waals surface area contributed by atoms with Crippen molar-refractivity contribution in [3.05, 3.63) is 83.9 Å². The van der Waals surface area contributed by atoms with Crippen molar-refractivity contribution < 1.29 is 32.5 Å². The zero-order valence-electron chi connectivity index (χ0n) is 22.8. The highest BCUT2D eigenvalue weighted by atomic mass is 32.2. The summed E-state index contributed by atoms with van der Waals surface area (Å²) in [7, 11) is 1.60. The Balaban J connectivity index is 0.000000360. The van der Waals surface area contributed by atoms with Crippen molar-refractivity contribution in [3.8, 4) is 10.6 Å². The number of fused-ring (bicyclic) bond motifs is 3. The molecule has 1 aromatic heterocycles. The lowest BCUT2D eigenvalue weighted by Gasteiger charge is -2.12. The number of halogens is 2. The maximum absolute atomic E-state index is 11.4. The van der Waals surface area contributed by atoms with E-state index < -0.39 is 19.0 Å². The Morgan fingerprint density at radius 3 is 1.95 bits per heavy atom. The molecule has 4 rings (SSSR count). The molecule has 39 heavy (non-hydrogen) atoms. The van der Waals surface area contributed by atoms with E-state index in [-0.39, 0.29) is 16.0 Å². The van der Waals surface area contributed by atoms with Crippen molar-refractivity contribution in [2.75, 3.05) is 40.1 Å². The number of hydrogen-bond donors (Lipinski definition) is 0. The quantitative estimate of drug-likeness (QED) is 0.0816. The molecule has 0 bridgehead atoms. The van der Waals surface area contributed by atoms with E-state index >= 15 is 0 Å². The van der Waals surface area contributed by atoms with E-state index in [2.05, 4.69) is 85.8 Å². The smallest absolute Gasteiger partial charge is 0.333 e. The number of hydrogen-bond acceptors (Lipinski definition) is 5. The lowest BCUT2D eigenvalue weighted by Crippen LogP contribution is -2.11. The van der Waals surface area contributed by atoms with Crippen molar-refractivity contribution in [3.63, 3.8) is 0 Å². The fourth-order valence-corrected chi connectivity index (χ4v) is 6.63. The first-order valence-corrected chi connectivity index (χ1v) is 13.8. The highest BCUT2D eigenvalue weighted by molar-refractivity contribution is 7.50. The predicted molar refractivity (Wildman–Crippen MR) is 155 cm³/mol. The van der Waals surface area contributed by atoms with Crippen molar-refractivity contribution >= 4 is 36.6 Å². The van der Waals surface area contributed by atoms with Crippen molar-refractivity contribution in [1.82, 2.24) is 0 Å². The maximum Gasteiger partial charge on any atom is 0.333 e. The van der Waals surface area contributed by atoms with Gasteiger partial charge in [-0.25, -0.2) is 13.6 Å². The molecule has 3 aromatic carbocycles. The number of aryl methyl sites for hydroxylation is 2. The molecule has 0 aliphatic rings. The van der Waals surface area contributed by atoms with Crippen LogP contribution in [0.5, 0.6) is 5.75 Å². The van der Waals surface area contributed by atoms with E-state index in [1.54, 1.807) is 7.11 Å². The maximum atomic E-state index is 11.4. The molecule has 5 nitrogen and oxygen atoms in total. The molecule has 0 atom stereocenters. The summed E-state index contributed by atoms with van der Waals surface area (Å²) in [6.07, 6.45) is -2.61. The van der Waals surface area contributed by atoms with Crippen LogP contribution in [-0.2, 0) is 19.0 Å². The molecule has 0 radical (unpaired) electrons. The fourth-order valence-electron chi connectivity index (χ4n) is 4.07. The molecule has 0 fully saturated rings. The van der Waals surface area contributed by atoms with Crippen LogP contribution in [0.15, 0.2) is 72.8 Å². The number of alkyl halides is 2. The van der Waals surface area contributed by atoms with Gasteiger partial charge in [-0.1, -0.05) is 30.8 Å². The molecular weight excluding hydrogens is 522 g/mol. The first kappa shape index (κ1) is 30.2. The van der Waals surface area contributed by atoms with Crippen LogP contribution in [0.25, 0.3) is 25.1 Å². The third-order valence-corrected chi connectivity index (χ3v) is 8.07. The minimum Gasteiger partial charge on any atom is -0.491 e. The van der Waals surface area contributed by atoms with Gasteiger partial charge in [0.25, 0.3) is 6.43 Å². The second kappa shape index (κ2) is 14.7. The summed E-state index contributed by atoms with van der Waals surface area (Å²) < 4.78 is 46.1. The molecule has 8 heteroatoms. The van der Waals surface area contributed by atoms with E-state index in [4.69, 9.17) is 14.2 Å². The minimum absolute atomic E-state index is 0.0747. The molecular formula is C31H35F2O5S+. The van der Waals surface area contributed by atoms with E-state index in [1.807, 2.05) is 0 Å². The zero-order valence-corrected chi connectivity index (χ0v) is 23.6. The molecule has 0 unspecified atom stereocenters. The molecule has 0 saturated carbocycles. The highest BCUT2D eigenvalue weighted by Crippen LogP contribution is 2.49. The monoisotopic (exact) mass is 557 g/mol. The molecule has 4 aromatic rings. The van der Waals surface area contributed by atoms with Gasteiger partial charge in [0, 0.05) is 46.1 Å². The van der Waals surface area contributed by atoms with Crippen LogP contribution in [-0.4, -0.2) is 52.5 Å². The molecule has 0 saturated heterocycles. The van der Waals surface area contributed by atoms with E-state index in [0.717, 1.165) is 5.75 Å². The summed E-state index contributed by atoms with van der Waals surface area (Å²) in [6, 6.07) is 22.1. The summed E-state index contributed by atoms with van der Waals surface area (Å²) in [6.45, 7) is 10.3. The normalized spacial score (nSPS) is 10.9. The predicted octanol–water partition coefficient (Wildman–Crippen LogP) is 7.76. The van der Waals surface area contributed by atoms with Crippen molar-refractivity contribution in [2.24, 2.45) is 0 Å². The molecule has 0 aliphatic carbocycles. The Labute approximate surface area is 230 Å². The first-order chi connectivity index (χ1) is 18.7. The summed E-state index contributed by atoms with van der Waals surface area (Å²) in [4.78, 5) is 11.7. The number of rotatable bonds is 11. The van der Waals surface area contributed by atoms with Gasteiger partial charge in [0.2, 0.25) is 0 Å². The zero-order chi connectivity index (χ0) is 28.4. The highest BCUT2D eigenvalue weighted by Gasteiger charge is 2.24. The van der Waals surface area contributed by atoms with Crippen LogP contribution < -0.4 is 4.74 Å². The summed E-state index contributed by atoms with van der Waals surface area (Å²) in [5, 5.41) is 2.71. The lowest BCUT2D eigenvalue weighted by atomic mass is 10.1. The average Bonchev–Trinajstić information content (AvgIpc) is 3.25. The van der Waals surface area contributed by atoms with Gasteiger partial charge in [-0.2, -0.15) is 0 Å². The van der Waals surface area contributed by atoms with Gasteiger partial charge >= 0.3 is 5.97 Å². The SMILES string of the molecule is C=C(C)C(=O)OCC(F)F.COCCOCCOc1c(C)cc(-[s+]2c3ccccc3c3ccccc32)cc1C. The second-order valence-corrected chi connectivity index (χ2v) is 10.9. The van der Waals surface area contributed by atoms with Gasteiger partial charge in [-0.15, -0.1) is 0 Å². The van der Waals surface area contributed by atoms with Crippen molar-refractivity contribution in [2.45, 2.75) is 27.2 Å². The summed E-state index contributed by atoms with van der Waals surface area (Å²) in [5.74, 6) is 0.189. The summed E-state index contributed by atoms with van der Waals surface area (Å²) >= 11 is 0. The first-order valence-electron chi connectivity index (χ1n) is 12.6. The second-order valence-electron chi connectivity index (χ2n) is 8.91. The van der Waals surface area contributed by atoms with Crippen LogP contribution in [0.4, 0.5) is 8.78 Å². The van der Waals surface area contributed by atoms with Gasteiger partial charge in [0.1, 0.15) is 12.4 Å². The minimum atomic E-state index is -2.61. The van der Waals surface area contributed by atoms with Gasteiger partial charge in [0.15, 0.2) is 20.9 Å². The van der Waals surface area contributed by atoms with E-state index in [1.165, 1.54) is 43.1 Å². The number of esters is 1. The topological polar surface area (TPSA) is 54.0 Å². The number of carbonyl (C=O) groups excluding carboxylic acids is 1. The number of methoxy groups -OCH3 is 1. The van der Waals surface area contributed by atoms with Crippen LogP contribution in [0, 0.1) is 13.8 Å². The third kappa shape index (κ3) is 8.08. The Bertz CT molecular complexity index is 1340. The van der Waals surface area contributed by atoms with Gasteiger partial charge in [0.05, 0.1) is 19.8 Å². The largest absolute Gasteiger partial charge is 0.491 e. The standard InChI is InChI=1S/C25H27O3S.C6H8F2O2/c1-18-16-20(17-19(2)25(18)28-15-14-27-13-12-26-3)29-23-10-6-4-8-21(23)22-9-5-7-11-24(22)29;1-4(2)6(9)10-3-5(7)8/h4-11,16-17H,12-15H2,1-3H3;5H,1,3H2,2H3/q+1;. The average molecular weight is 558 g/mol. The third-order valence-electron chi connectivity index (χ3n) is 5.77.